The summed E-state index contributed by atoms with van der Waals surface area (Å²) >= 11 is 1.63. The summed E-state index contributed by atoms with van der Waals surface area (Å²) in [6.45, 7) is 0.950. The quantitative estimate of drug-likeness (QED) is 0.817. The van der Waals surface area contributed by atoms with Gasteiger partial charge in [-0.15, -0.1) is 11.3 Å². The number of amides is 1. The maximum absolute atomic E-state index is 11.9. The number of nitrogens with two attached hydrogens (primary N) is 1. The molecule has 18 heavy (non-hydrogen) atoms. The molecule has 0 atom stereocenters. The summed E-state index contributed by atoms with van der Waals surface area (Å²) in [4.78, 5) is 13.0. The zero-order valence-electron chi connectivity index (χ0n) is 10.4. The van der Waals surface area contributed by atoms with Gasteiger partial charge in [0, 0.05) is 16.4 Å². The standard InChI is InChI=1S/C14H18N2OS/c15-8-3-6-11-7-9-18-13(11)10-16-14(17)12-4-1-2-5-12/h7,9,12H,1-2,4-5,8,10,15H2,(H,16,17). The Morgan fingerprint density at radius 3 is 3.00 bits per heavy atom. The fraction of sp³-hybridized carbons (Fsp3) is 0.500. The summed E-state index contributed by atoms with van der Waals surface area (Å²) in [6.07, 6.45) is 4.45. The van der Waals surface area contributed by atoms with E-state index in [2.05, 4.69) is 17.2 Å². The van der Waals surface area contributed by atoms with Crippen molar-refractivity contribution in [3.63, 3.8) is 0 Å². The van der Waals surface area contributed by atoms with Crippen LogP contribution in [0, 0.1) is 17.8 Å². The second-order valence-corrected chi connectivity index (χ2v) is 5.46. The molecule has 0 aromatic carbocycles. The monoisotopic (exact) mass is 262 g/mol. The maximum Gasteiger partial charge on any atom is 0.223 e. The van der Waals surface area contributed by atoms with Crippen molar-refractivity contribution in [2.45, 2.75) is 32.2 Å². The van der Waals surface area contributed by atoms with E-state index in [0.29, 0.717) is 13.1 Å². The zero-order chi connectivity index (χ0) is 12.8. The third-order valence-electron chi connectivity index (χ3n) is 3.22. The SMILES string of the molecule is NCC#Cc1ccsc1CNC(=O)C1CCCC1. The molecule has 1 aliphatic carbocycles. The van der Waals surface area contributed by atoms with Crippen LogP contribution in [0.4, 0.5) is 0 Å². The molecule has 0 bridgehead atoms. The van der Waals surface area contributed by atoms with Crippen LogP contribution in [0.1, 0.15) is 36.1 Å². The summed E-state index contributed by atoms with van der Waals surface area (Å²) in [5.74, 6) is 6.29. The molecular weight excluding hydrogens is 244 g/mol. The second-order valence-electron chi connectivity index (χ2n) is 4.46. The fourth-order valence-corrected chi connectivity index (χ4v) is 3.00. The molecule has 3 nitrogen and oxygen atoms in total. The van der Waals surface area contributed by atoms with Crippen LogP contribution in [0.2, 0.25) is 0 Å². The number of nitrogens with one attached hydrogen (secondary N) is 1. The first kappa shape index (κ1) is 13.1. The number of carbonyl (C=O) groups excluding carboxylic acids is 1. The predicted molar refractivity (Wildman–Crippen MR) is 74.1 cm³/mol. The Morgan fingerprint density at radius 2 is 2.28 bits per heavy atom. The molecule has 1 aliphatic rings. The highest BCUT2D eigenvalue weighted by molar-refractivity contribution is 7.10. The topological polar surface area (TPSA) is 55.1 Å². The van der Waals surface area contributed by atoms with Crippen LogP contribution in [0.3, 0.4) is 0 Å². The van der Waals surface area contributed by atoms with E-state index in [1.54, 1.807) is 11.3 Å². The van der Waals surface area contributed by atoms with Crippen LogP contribution in [-0.4, -0.2) is 12.5 Å². The van der Waals surface area contributed by atoms with Gasteiger partial charge in [0.1, 0.15) is 0 Å². The first-order valence-electron chi connectivity index (χ1n) is 6.34. The third kappa shape index (κ3) is 3.34. The Labute approximate surface area is 112 Å². The lowest BCUT2D eigenvalue weighted by Crippen LogP contribution is -2.28. The van der Waals surface area contributed by atoms with Gasteiger partial charge in [-0.2, -0.15) is 0 Å². The molecular formula is C14H18N2OS. The normalized spacial score (nSPS) is 15.2. The first-order valence-corrected chi connectivity index (χ1v) is 7.22. The van der Waals surface area contributed by atoms with Crippen molar-refractivity contribution in [2.24, 2.45) is 11.7 Å². The van der Waals surface area contributed by atoms with Crippen molar-refractivity contribution in [3.05, 3.63) is 21.9 Å². The molecule has 3 N–H and O–H groups in total. The number of hydrogen-bond acceptors (Lipinski definition) is 3. The van der Waals surface area contributed by atoms with E-state index in [0.717, 1.165) is 23.3 Å². The Hall–Kier alpha value is -1.31. The molecule has 1 heterocycles. The summed E-state index contributed by atoms with van der Waals surface area (Å²) in [5, 5.41) is 5.01. The lowest BCUT2D eigenvalue weighted by Gasteiger charge is -2.09. The number of rotatable bonds is 3. The average Bonchev–Trinajstić information content (AvgIpc) is 3.04. The van der Waals surface area contributed by atoms with E-state index in [4.69, 9.17) is 5.73 Å². The number of thiophene rings is 1. The van der Waals surface area contributed by atoms with E-state index in [9.17, 15) is 4.79 Å². The van der Waals surface area contributed by atoms with Crippen molar-refractivity contribution in [1.82, 2.24) is 5.32 Å². The average molecular weight is 262 g/mol. The van der Waals surface area contributed by atoms with E-state index in [1.807, 2.05) is 11.4 Å². The smallest absolute Gasteiger partial charge is 0.223 e. The Balaban J connectivity index is 1.89. The molecule has 1 amide bonds. The van der Waals surface area contributed by atoms with Crippen LogP contribution in [0.5, 0.6) is 0 Å². The minimum atomic E-state index is 0.193. The second kappa shape index (κ2) is 6.58. The minimum absolute atomic E-state index is 0.193. The fourth-order valence-electron chi connectivity index (χ4n) is 2.23. The molecule has 1 fully saturated rings. The van der Waals surface area contributed by atoms with Gasteiger partial charge in [0.25, 0.3) is 0 Å². The number of hydrogen-bond donors (Lipinski definition) is 2. The highest BCUT2D eigenvalue weighted by atomic mass is 32.1. The van der Waals surface area contributed by atoms with Crippen LogP contribution >= 0.6 is 11.3 Å². The van der Waals surface area contributed by atoms with Crippen LogP contribution in [-0.2, 0) is 11.3 Å². The zero-order valence-corrected chi connectivity index (χ0v) is 11.2. The van der Waals surface area contributed by atoms with E-state index in [1.165, 1.54) is 12.8 Å². The van der Waals surface area contributed by atoms with Gasteiger partial charge < -0.3 is 11.1 Å². The van der Waals surface area contributed by atoms with Crippen molar-refractivity contribution in [3.8, 4) is 11.8 Å². The lowest BCUT2D eigenvalue weighted by atomic mass is 10.1. The molecule has 4 heteroatoms. The van der Waals surface area contributed by atoms with Gasteiger partial charge in [-0.3, -0.25) is 4.79 Å². The van der Waals surface area contributed by atoms with Crippen LogP contribution in [0.15, 0.2) is 11.4 Å². The minimum Gasteiger partial charge on any atom is -0.351 e. The Morgan fingerprint density at radius 1 is 1.50 bits per heavy atom. The lowest BCUT2D eigenvalue weighted by molar-refractivity contribution is -0.124. The molecule has 1 aromatic rings. The van der Waals surface area contributed by atoms with Gasteiger partial charge in [-0.05, 0) is 24.3 Å². The van der Waals surface area contributed by atoms with Crippen molar-refractivity contribution < 1.29 is 4.79 Å². The third-order valence-corrected chi connectivity index (χ3v) is 4.14. The Bertz CT molecular complexity index is 464. The summed E-state index contributed by atoms with van der Waals surface area (Å²) in [7, 11) is 0. The molecule has 0 aliphatic heterocycles. The van der Waals surface area contributed by atoms with Crippen molar-refractivity contribution in [2.75, 3.05) is 6.54 Å². The molecule has 96 valence electrons. The number of carbonyl (C=O) groups is 1. The maximum atomic E-state index is 11.9. The molecule has 1 aromatic heterocycles. The van der Waals surface area contributed by atoms with Gasteiger partial charge in [0.15, 0.2) is 0 Å². The van der Waals surface area contributed by atoms with Crippen molar-refractivity contribution >= 4 is 17.2 Å². The van der Waals surface area contributed by atoms with Gasteiger partial charge in [0.2, 0.25) is 5.91 Å². The van der Waals surface area contributed by atoms with Gasteiger partial charge in [-0.1, -0.05) is 24.7 Å². The summed E-state index contributed by atoms with van der Waals surface area (Å²) in [5.41, 5.74) is 6.34. The van der Waals surface area contributed by atoms with Gasteiger partial charge >= 0.3 is 0 Å². The predicted octanol–water partition coefficient (Wildman–Crippen LogP) is 1.86. The molecule has 2 rings (SSSR count). The first-order chi connectivity index (χ1) is 8.81. The van der Waals surface area contributed by atoms with E-state index in [-0.39, 0.29) is 11.8 Å². The summed E-state index contributed by atoms with van der Waals surface area (Å²) < 4.78 is 0. The van der Waals surface area contributed by atoms with Gasteiger partial charge in [0.05, 0.1) is 13.1 Å². The largest absolute Gasteiger partial charge is 0.351 e. The van der Waals surface area contributed by atoms with E-state index >= 15 is 0 Å². The molecule has 0 radical (unpaired) electrons. The van der Waals surface area contributed by atoms with Crippen molar-refractivity contribution in [1.29, 1.82) is 0 Å². The van der Waals surface area contributed by atoms with E-state index < -0.39 is 0 Å². The molecule has 0 spiro atoms. The highest BCUT2D eigenvalue weighted by Gasteiger charge is 2.22. The van der Waals surface area contributed by atoms with Crippen LogP contribution < -0.4 is 11.1 Å². The Kier molecular flexibility index (Phi) is 4.80. The molecule has 0 unspecified atom stereocenters. The summed E-state index contributed by atoms with van der Waals surface area (Å²) in [6, 6.07) is 1.98. The molecule has 1 saturated carbocycles. The van der Waals surface area contributed by atoms with Gasteiger partial charge in [-0.25, -0.2) is 0 Å². The van der Waals surface area contributed by atoms with Crippen LogP contribution in [0.25, 0.3) is 0 Å². The highest BCUT2D eigenvalue weighted by Crippen LogP contribution is 2.25. The molecule has 0 saturated heterocycles.